The summed E-state index contributed by atoms with van der Waals surface area (Å²) in [5.74, 6) is 0. The van der Waals surface area contributed by atoms with Crippen molar-refractivity contribution >= 4 is 48.6 Å². The molecule has 2 fully saturated rings. The summed E-state index contributed by atoms with van der Waals surface area (Å²) in [6, 6.07) is 13.2. The fraction of sp³-hybridized carbons (Fsp3) is 0.318. The van der Waals surface area contributed by atoms with Gasteiger partial charge in [0.15, 0.2) is 5.03 Å². The number of hydrogen-bond acceptors (Lipinski definition) is 7. The third-order valence-corrected chi connectivity index (χ3v) is 10.0. The minimum Gasteiger partial charge on any atom is -0.448 e. The molecule has 1 unspecified atom stereocenters. The molecular formula is C22H23ClN4O6S2. The topological polar surface area (TPSA) is 118 Å². The first-order chi connectivity index (χ1) is 16.7. The van der Waals surface area contributed by atoms with Crippen molar-refractivity contribution in [1.82, 2.24) is 18.5 Å². The Balaban J connectivity index is 1.57. The van der Waals surface area contributed by atoms with Gasteiger partial charge in [-0.05, 0) is 36.4 Å². The zero-order valence-electron chi connectivity index (χ0n) is 18.5. The minimum atomic E-state index is -4.24. The fourth-order valence-corrected chi connectivity index (χ4v) is 8.13. The van der Waals surface area contributed by atoms with Crippen molar-refractivity contribution in [3.05, 3.63) is 59.6 Å². The third-order valence-electron chi connectivity index (χ3n) is 6.08. The van der Waals surface area contributed by atoms with E-state index in [1.807, 2.05) is 0 Å². The van der Waals surface area contributed by atoms with Gasteiger partial charge < -0.3 is 15.0 Å². The van der Waals surface area contributed by atoms with Crippen LogP contribution in [0.1, 0.15) is 0 Å². The summed E-state index contributed by atoms with van der Waals surface area (Å²) >= 11 is 6.12. The van der Waals surface area contributed by atoms with E-state index in [1.165, 1.54) is 45.6 Å². The molecule has 2 aliphatic heterocycles. The fourth-order valence-electron chi connectivity index (χ4n) is 4.39. The van der Waals surface area contributed by atoms with E-state index in [9.17, 15) is 21.6 Å². The van der Waals surface area contributed by atoms with E-state index in [-0.39, 0.29) is 41.1 Å². The summed E-state index contributed by atoms with van der Waals surface area (Å²) in [7, 11) is -8.48. The molecule has 0 spiro atoms. The zero-order chi connectivity index (χ0) is 24.8. The van der Waals surface area contributed by atoms with Gasteiger partial charge in [0, 0.05) is 42.6 Å². The van der Waals surface area contributed by atoms with Crippen molar-refractivity contribution in [2.24, 2.45) is 0 Å². The van der Waals surface area contributed by atoms with Gasteiger partial charge in [0.2, 0.25) is 0 Å². The van der Waals surface area contributed by atoms with E-state index >= 15 is 0 Å². The van der Waals surface area contributed by atoms with Crippen LogP contribution in [0.2, 0.25) is 5.02 Å². The first-order valence-corrected chi connectivity index (χ1v) is 14.2. The molecule has 2 saturated heterocycles. The number of ether oxygens (including phenoxy) is 1. The largest absolute Gasteiger partial charge is 0.448 e. The standard InChI is InChI=1S/C22H23ClN4O6S2/c23-17-6-7-20-16(12-17)13-21(27(20)34(29,30)19-4-2-1-3-5-19)35(31,32)26-9-8-24-18(15-26)14-25-10-11-33-22(25)28/h1-7,12-13,18,24H,8-11,14-15H2. The van der Waals surface area contributed by atoms with Gasteiger partial charge in [-0.25, -0.2) is 25.6 Å². The SMILES string of the molecule is O=C1OCCN1CC1CN(S(=O)(=O)c2cc3cc(Cl)ccc3n2S(=O)(=O)c2ccccc2)CCN1. The molecule has 35 heavy (non-hydrogen) atoms. The Kier molecular flexibility index (Phi) is 6.26. The quantitative estimate of drug-likeness (QED) is 0.509. The molecule has 5 rings (SSSR count). The normalized spacial score (nSPS) is 19.9. The number of rotatable bonds is 6. The highest BCUT2D eigenvalue weighted by atomic mass is 35.5. The van der Waals surface area contributed by atoms with E-state index in [2.05, 4.69) is 5.32 Å². The van der Waals surface area contributed by atoms with Crippen LogP contribution in [0.3, 0.4) is 0 Å². The summed E-state index contributed by atoms with van der Waals surface area (Å²) < 4.78 is 62.1. The van der Waals surface area contributed by atoms with Crippen LogP contribution in [0.4, 0.5) is 4.79 Å². The molecule has 3 heterocycles. The van der Waals surface area contributed by atoms with E-state index < -0.39 is 26.1 Å². The number of sulfonamides is 1. The van der Waals surface area contributed by atoms with Gasteiger partial charge in [0.1, 0.15) is 6.61 Å². The maximum atomic E-state index is 13.9. The van der Waals surface area contributed by atoms with Crippen LogP contribution in [0.5, 0.6) is 0 Å². The van der Waals surface area contributed by atoms with Crippen LogP contribution in [0.25, 0.3) is 10.9 Å². The molecule has 0 radical (unpaired) electrons. The van der Waals surface area contributed by atoms with Crippen LogP contribution in [0, 0.1) is 0 Å². The van der Waals surface area contributed by atoms with Gasteiger partial charge in [-0.2, -0.15) is 4.31 Å². The lowest BCUT2D eigenvalue weighted by Crippen LogP contribution is -2.56. The number of amides is 1. The highest BCUT2D eigenvalue weighted by molar-refractivity contribution is 7.92. The number of benzene rings is 2. The molecule has 1 amide bonds. The molecule has 186 valence electrons. The Hall–Kier alpha value is -2.64. The van der Waals surface area contributed by atoms with Crippen LogP contribution in [-0.4, -0.2) is 81.5 Å². The molecule has 3 aromatic rings. The van der Waals surface area contributed by atoms with Crippen molar-refractivity contribution in [2.75, 3.05) is 39.3 Å². The molecule has 10 nitrogen and oxygen atoms in total. The zero-order valence-corrected chi connectivity index (χ0v) is 20.9. The average Bonchev–Trinajstić information content (AvgIpc) is 3.43. The number of carbonyl (C=O) groups is 1. The van der Waals surface area contributed by atoms with Crippen molar-refractivity contribution in [3.63, 3.8) is 0 Å². The van der Waals surface area contributed by atoms with E-state index in [0.717, 1.165) is 3.97 Å². The Morgan fingerprint density at radius 2 is 1.77 bits per heavy atom. The Bertz CT molecular complexity index is 1490. The number of fused-ring (bicyclic) bond motifs is 1. The Morgan fingerprint density at radius 3 is 2.49 bits per heavy atom. The van der Waals surface area contributed by atoms with Crippen LogP contribution >= 0.6 is 11.6 Å². The van der Waals surface area contributed by atoms with Crippen LogP contribution < -0.4 is 5.32 Å². The summed E-state index contributed by atoms with van der Waals surface area (Å²) in [5.41, 5.74) is 0.211. The molecule has 2 aliphatic rings. The number of cyclic esters (lactones) is 1. The van der Waals surface area contributed by atoms with E-state index in [0.29, 0.717) is 30.1 Å². The van der Waals surface area contributed by atoms with Gasteiger partial charge in [0.25, 0.3) is 20.0 Å². The second kappa shape index (κ2) is 9.10. The number of nitrogens with zero attached hydrogens (tertiary/aromatic N) is 3. The number of carbonyl (C=O) groups excluding carboxylic acids is 1. The number of nitrogens with one attached hydrogen (secondary N) is 1. The van der Waals surface area contributed by atoms with E-state index in [1.54, 1.807) is 18.2 Å². The predicted octanol–water partition coefficient (Wildman–Crippen LogP) is 1.95. The van der Waals surface area contributed by atoms with Crippen molar-refractivity contribution in [2.45, 2.75) is 16.0 Å². The van der Waals surface area contributed by atoms with Crippen molar-refractivity contribution in [3.8, 4) is 0 Å². The van der Waals surface area contributed by atoms with Crippen LogP contribution in [-0.2, 0) is 24.8 Å². The molecule has 2 aromatic carbocycles. The molecule has 0 saturated carbocycles. The second-order valence-electron chi connectivity index (χ2n) is 8.34. The van der Waals surface area contributed by atoms with Gasteiger partial charge in [-0.1, -0.05) is 29.8 Å². The smallest absolute Gasteiger partial charge is 0.409 e. The summed E-state index contributed by atoms with van der Waals surface area (Å²) in [5, 5.41) is 3.61. The highest BCUT2D eigenvalue weighted by Crippen LogP contribution is 2.32. The molecule has 0 bridgehead atoms. The predicted molar refractivity (Wildman–Crippen MR) is 129 cm³/mol. The number of aromatic nitrogens is 1. The molecule has 1 N–H and O–H groups in total. The molecule has 1 atom stereocenters. The van der Waals surface area contributed by atoms with Crippen molar-refractivity contribution < 1.29 is 26.4 Å². The Labute approximate surface area is 208 Å². The summed E-state index contributed by atoms with van der Waals surface area (Å²) in [6.45, 7) is 1.59. The lowest BCUT2D eigenvalue weighted by atomic mass is 10.2. The van der Waals surface area contributed by atoms with Gasteiger partial charge >= 0.3 is 6.09 Å². The molecular weight excluding hydrogens is 516 g/mol. The van der Waals surface area contributed by atoms with Gasteiger partial charge in [0.05, 0.1) is 17.0 Å². The lowest BCUT2D eigenvalue weighted by molar-refractivity contribution is 0.152. The first kappa shape index (κ1) is 24.1. The van der Waals surface area contributed by atoms with Crippen molar-refractivity contribution in [1.29, 1.82) is 0 Å². The van der Waals surface area contributed by atoms with Gasteiger partial charge in [-0.3, -0.25) is 0 Å². The van der Waals surface area contributed by atoms with Gasteiger partial charge in [-0.15, -0.1) is 0 Å². The average molecular weight is 539 g/mol. The second-order valence-corrected chi connectivity index (χ2v) is 12.5. The number of halogens is 1. The molecule has 1 aromatic heterocycles. The monoisotopic (exact) mass is 538 g/mol. The molecule has 13 heteroatoms. The number of piperazine rings is 1. The summed E-state index contributed by atoms with van der Waals surface area (Å²) in [6.07, 6.45) is -0.433. The maximum Gasteiger partial charge on any atom is 0.409 e. The molecule has 0 aliphatic carbocycles. The van der Waals surface area contributed by atoms with Crippen LogP contribution in [0.15, 0.2) is 64.5 Å². The van der Waals surface area contributed by atoms with E-state index in [4.69, 9.17) is 16.3 Å². The first-order valence-electron chi connectivity index (χ1n) is 10.9. The number of hydrogen-bond donors (Lipinski definition) is 1. The summed E-state index contributed by atoms with van der Waals surface area (Å²) in [4.78, 5) is 13.3. The lowest BCUT2D eigenvalue weighted by Gasteiger charge is -2.34. The highest BCUT2D eigenvalue weighted by Gasteiger charge is 2.37. The Morgan fingerprint density at radius 1 is 1.00 bits per heavy atom. The third kappa shape index (κ3) is 4.40. The maximum absolute atomic E-state index is 13.9. The minimum absolute atomic E-state index is 0.0327.